The minimum atomic E-state index is -0.489. The van der Waals surface area contributed by atoms with Gasteiger partial charge >= 0.3 is 11.6 Å². The van der Waals surface area contributed by atoms with Gasteiger partial charge in [0.15, 0.2) is 0 Å². The molecule has 1 aliphatic rings. The van der Waals surface area contributed by atoms with Crippen molar-refractivity contribution in [1.82, 2.24) is 9.78 Å². The Kier molecular flexibility index (Phi) is 2.78. The molecule has 7 nitrogen and oxygen atoms in total. The van der Waals surface area contributed by atoms with Gasteiger partial charge in [-0.05, 0) is 19.3 Å². The monoisotopic (exact) mass is 226 g/mol. The first-order valence-electron chi connectivity index (χ1n) is 5.16. The zero-order valence-corrected chi connectivity index (χ0v) is 9.00. The van der Waals surface area contributed by atoms with E-state index in [4.69, 9.17) is 10.5 Å². The maximum atomic E-state index is 10.7. The number of hydrogen-bond acceptors (Lipinski definition) is 5. The smallest absolute Gasteiger partial charge is 0.350 e. The highest BCUT2D eigenvalue weighted by molar-refractivity contribution is 5.38. The number of ether oxygens (including phenoxy) is 1. The van der Waals surface area contributed by atoms with E-state index in [0.717, 1.165) is 19.3 Å². The molecule has 7 heteroatoms. The lowest BCUT2D eigenvalue weighted by molar-refractivity contribution is -0.386. The van der Waals surface area contributed by atoms with E-state index in [0.29, 0.717) is 0 Å². The molecule has 2 N–H and O–H groups in total. The molecular weight excluding hydrogens is 212 g/mol. The fraction of sp³-hybridized carbons (Fsp3) is 0.667. The fourth-order valence-corrected chi connectivity index (χ4v) is 1.90. The molecule has 2 unspecified atom stereocenters. The summed E-state index contributed by atoms with van der Waals surface area (Å²) in [5.41, 5.74) is 5.65. The molecule has 1 aliphatic carbocycles. The van der Waals surface area contributed by atoms with Crippen LogP contribution in [-0.4, -0.2) is 26.8 Å². The second kappa shape index (κ2) is 4.09. The van der Waals surface area contributed by atoms with E-state index in [2.05, 4.69) is 5.10 Å². The maximum Gasteiger partial charge on any atom is 0.350 e. The van der Waals surface area contributed by atoms with Gasteiger partial charge in [-0.25, -0.2) is 0 Å². The minimum absolute atomic E-state index is 0.0522. The molecule has 0 amide bonds. The summed E-state index contributed by atoms with van der Waals surface area (Å²) in [7, 11) is 1.63. The highest BCUT2D eigenvalue weighted by Crippen LogP contribution is 2.29. The van der Waals surface area contributed by atoms with Crippen LogP contribution in [0.25, 0.3) is 0 Å². The predicted molar refractivity (Wildman–Crippen MR) is 56.1 cm³/mol. The quantitative estimate of drug-likeness (QED) is 0.601. The molecule has 0 radical (unpaired) electrons. The molecule has 0 saturated heterocycles. The number of hydrogen-bond donors (Lipinski definition) is 1. The molecule has 1 aromatic rings. The lowest BCUT2D eigenvalue weighted by Crippen LogP contribution is -2.19. The number of nitrogens with zero attached hydrogens (tertiary/aromatic N) is 3. The molecule has 16 heavy (non-hydrogen) atoms. The molecule has 0 bridgehead atoms. The number of nitrogens with two attached hydrogens (primary N) is 1. The average molecular weight is 226 g/mol. The van der Waals surface area contributed by atoms with Gasteiger partial charge in [-0.3, -0.25) is 14.8 Å². The lowest BCUT2D eigenvalue weighted by Gasteiger charge is -2.09. The highest BCUT2D eigenvalue weighted by atomic mass is 16.6. The van der Waals surface area contributed by atoms with Crippen LogP contribution in [0.1, 0.15) is 19.3 Å². The fourth-order valence-electron chi connectivity index (χ4n) is 1.90. The molecule has 2 atom stereocenters. The number of rotatable bonds is 3. The van der Waals surface area contributed by atoms with Crippen molar-refractivity contribution in [3.05, 3.63) is 16.3 Å². The number of nitro groups is 1. The Morgan fingerprint density at radius 3 is 3.00 bits per heavy atom. The van der Waals surface area contributed by atoms with Crippen molar-refractivity contribution in [3.63, 3.8) is 0 Å². The summed E-state index contributed by atoms with van der Waals surface area (Å²) in [5.74, 6) is 0.0894. The first-order valence-corrected chi connectivity index (χ1v) is 5.16. The maximum absolute atomic E-state index is 10.7. The molecule has 1 fully saturated rings. The predicted octanol–water partition coefficient (Wildman–Crippen LogP) is 0.587. The first-order chi connectivity index (χ1) is 7.56. The van der Waals surface area contributed by atoms with E-state index in [1.54, 1.807) is 7.05 Å². The van der Waals surface area contributed by atoms with Gasteiger partial charge in [0.05, 0.1) is 4.92 Å². The number of aryl methyl sites for hydroxylation is 1. The van der Waals surface area contributed by atoms with Gasteiger partial charge in [0.1, 0.15) is 12.3 Å². The summed E-state index contributed by atoms with van der Waals surface area (Å²) in [4.78, 5) is 10.2. The van der Waals surface area contributed by atoms with Crippen LogP contribution in [0, 0.1) is 10.1 Å². The van der Waals surface area contributed by atoms with Gasteiger partial charge in [-0.1, -0.05) is 0 Å². The van der Waals surface area contributed by atoms with Crippen LogP contribution in [0.3, 0.4) is 0 Å². The van der Waals surface area contributed by atoms with Crippen molar-refractivity contribution >= 4 is 5.69 Å². The van der Waals surface area contributed by atoms with Crippen molar-refractivity contribution < 1.29 is 9.66 Å². The van der Waals surface area contributed by atoms with Gasteiger partial charge in [-0.2, -0.15) is 0 Å². The molecule has 2 rings (SSSR count). The van der Waals surface area contributed by atoms with Crippen molar-refractivity contribution in [3.8, 4) is 5.88 Å². The SMILES string of the molecule is Cn1cc([N+](=O)[O-])c(OC2CCC(N)C2)n1. The molecular formula is C9H14N4O3. The first kappa shape index (κ1) is 10.9. The zero-order chi connectivity index (χ0) is 11.7. The van der Waals surface area contributed by atoms with E-state index < -0.39 is 4.92 Å². The molecule has 0 aromatic carbocycles. The Labute approximate surface area is 92.3 Å². The average Bonchev–Trinajstić information content (AvgIpc) is 2.74. The van der Waals surface area contributed by atoms with E-state index >= 15 is 0 Å². The van der Waals surface area contributed by atoms with Gasteiger partial charge < -0.3 is 10.5 Å². The topological polar surface area (TPSA) is 96.2 Å². The summed E-state index contributed by atoms with van der Waals surface area (Å²) in [6.07, 6.45) is 3.74. The van der Waals surface area contributed by atoms with Crippen LogP contribution < -0.4 is 10.5 Å². The van der Waals surface area contributed by atoms with E-state index in [1.165, 1.54) is 10.9 Å². The van der Waals surface area contributed by atoms with Crippen LogP contribution in [0.5, 0.6) is 5.88 Å². The van der Waals surface area contributed by atoms with E-state index in [9.17, 15) is 10.1 Å². The molecule has 1 saturated carbocycles. The Morgan fingerprint density at radius 2 is 2.44 bits per heavy atom. The van der Waals surface area contributed by atoms with Crippen LogP contribution in [0.2, 0.25) is 0 Å². The Morgan fingerprint density at radius 1 is 1.69 bits per heavy atom. The van der Waals surface area contributed by atoms with Crippen molar-refractivity contribution in [2.75, 3.05) is 0 Å². The Hall–Kier alpha value is -1.63. The number of aromatic nitrogens is 2. The van der Waals surface area contributed by atoms with Crippen molar-refractivity contribution in [2.45, 2.75) is 31.4 Å². The third-order valence-electron chi connectivity index (χ3n) is 2.68. The largest absolute Gasteiger partial charge is 0.468 e. The molecule has 0 aliphatic heterocycles. The van der Waals surface area contributed by atoms with Crippen molar-refractivity contribution in [1.29, 1.82) is 0 Å². The summed E-state index contributed by atoms with van der Waals surface area (Å²) in [6, 6.07) is 0.132. The summed E-state index contributed by atoms with van der Waals surface area (Å²) in [6.45, 7) is 0. The molecule has 88 valence electrons. The van der Waals surface area contributed by atoms with Gasteiger partial charge in [0.2, 0.25) is 0 Å². The summed E-state index contributed by atoms with van der Waals surface area (Å²) < 4.78 is 6.88. The molecule has 1 aromatic heterocycles. The van der Waals surface area contributed by atoms with Crippen molar-refractivity contribution in [2.24, 2.45) is 12.8 Å². The normalized spacial score (nSPS) is 24.6. The van der Waals surface area contributed by atoms with Gasteiger partial charge in [0, 0.05) is 13.1 Å². The Bertz CT molecular complexity index is 403. The van der Waals surface area contributed by atoms with Crippen LogP contribution in [0.15, 0.2) is 6.20 Å². The standard InChI is InChI=1S/C9H14N4O3/c1-12-5-8(13(14)15)9(11-12)16-7-3-2-6(10)4-7/h5-7H,2-4,10H2,1H3. The summed E-state index contributed by atoms with van der Waals surface area (Å²) in [5, 5.41) is 14.7. The summed E-state index contributed by atoms with van der Waals surface area (Å²) >= 11 is 0. The molecule has 0 spiro atoms. The van der Waals surface area contributed by atoms with Crippen LogP contribution in [0.4, 0.5) is 5.69 Å². The van der Waals surface area contributed by atoms with Crippen LogP contribution in [-0.2, 0) is 7.05 Å². The minimum Gasteiger partial charge on any atom is -0.468 e. The Balaban J connectivity index is 2.11. The second-order valence-electron chi connectivity index (χ2n) is 4.06. The highest BCUT2D eigenvalue weighted by Gasteiger charge is 2.28. The van der Waals surface area contributed by atoms with E-state index in [-0.39, 0.29) is 23.7 Å². The van der Waals surface area contributed by atoms with Gasteiger partial charge in [-0.15, -0.1) is 5.10 Å². The third kappa shape index (κ3) is 2.13. The molecule has 1 heterocycles. The zero-order valence-electron chi connectivity index (χ0n) is 9.00. The second-order valence-corrected chi connectivity index (χ2v) is 4.06. The third-order valence-corrected chi connectivity index (χ3v) is 2.68. The van der Waals surface area contributed by atoms with E-state index in [1.807, 2.05) is 0 Å². The lowest BCUT2D eigenvalue weighted by atomic mass is 10.3. The van der Waals surface area contributed by atoms with Crippen LogP contribution >= 0.6 is 0 Å². The van der Waals surface area contributed by atoms with Gasteiger partial charge in [0.25, 0.3) is 0 Å².